The van der Waals surface area contributed by atoms with E-state index in [0.717, 1.165) is 24.3 Å². The van der Waals surface area contributed by atoms with Crippen molar-refractivity contribution < 1.29 is 9.53 Å². The number of carbonyl (C=O) groups is 1. The molecule has 0 spiro atoms. The average Bonchev–Trinajstić information content (AvgIpc) is 2.49. The van der Waals surface area contributed by atoms with Gasteiger partial charge in [0.05, 0.1) is 6.54 Å². The third-order valence-electron chi connectivity index (χ3n) is 2.77. The maximum absolute atomic E-state index is 10.7. The average molecular weight is 220 g/mol. The lowest BCUT2D eigenvalue weighted by molar-refractivity contribution is -0.132. The molecule has 4 heteroatoms. The number of ether oxygens (including phenoxy) is 1. The number of nitrogens with zero attached hydrogens (tertiary/aromatic N) is 2. The van der Waals surface area contributed by atoms with Gasteiger partial charge >= 0.3 is 0 Å². The molecule has 4 nitrogen and oxygen atoms in total. The second-order valence-corrected chi connectivity index (χ2v) is 4.03. The molecule has 16 heavy (non-hydrogen) atoms. The summed E-state index contributed by atoms with van der Waals surface area (Å²) in [7, 11) is 1.76. The molecule has 1 aromatic rings. The SMILES string of the molecule is Cc1ccc2c(c1)CN(N(C)C=O)CCO2. The molecule has 1 aliphatic rings. The Morgan fingerprint density at radius 3 is 3.06 bits per heavy atom. The molecule has 0 unspecified atom stereocenters. The van der Waals surface area contributed by atoms with Crippen molar-refractivity contribution >= 4 is 6.41 Å². The van der Waals surface area contributed by atoms with E-state index in [2.05, 4.69) is 13.0 Å². The van der Waals surface area contributed by atoms with Crippen LogP contribution in [0, 0.1) is 6.92 Å². The van der Waals surface area contributed by atoms with Gasteiger partial charge in [-0.2, -0.15) is 0 Å². The van der Waals surface area contributed by atoms with Gasteiger partial charge in [0, 0.05) is 19.2 Å². The van der Waals surface area contributed by atoms with Crippen LogP contribution in [0.3, 0.4) is 0 Å². The smallest absolute Gasteiger partial charge is 0.223 e. The van der Waals surface area contributed by atoms with Crippen molar-refractivity contribution in [1.82, 2.24) is 10.0 Å². The van der Waals surface area contributed by atoms with Gasteiger partial charge < -0.3 is 4.74 Å². The number of hydrogen-bond acceptors (Lipinski definition) is 3. The fourth-order valence-electron chi connectivity index (χ4n) is 1.85. The van der Waals surface area contributed by atoms with E-state index < -0.39 is 0 Å². The van der Waals surface area contributed by atoms with Gasteiger partial charge in [0.2, 0.25) is 6.41 Å². The van der Waals surface area contributed by atoms with Gasteiger partial charge in [-0.25, -0.2) is 5.01 Å². The molecule has 0 N–H and O–H groups in total. The summed E-state index contributed by atoms with van der Waals surface area (Å²) in [6.45, 7) is 4.10. The van der Waals surface area contributed by atoms with Crippen molar-refractivity contribution in [2.45, 2.75) is 13.5 Å². The van der Waals surface area contributed by atoms with Crippen molar-refractivity contribution in [3.63, 3.8) is 0 Å². The predicted molar refractivity (Wildman–Crippen MR) is 60.9 cm³/mol. The maximum atomic E-state index is 10.7. The van der Waals surface area contributed by atoms with Gasteiger partial charge in [-0.1, -0.05) is 17.7 Å². The Morgan fingerprint density at radius 1 is 1.50 bits per heavy atom. The standard InChI is InChI=1S/C12H16N2O2/c1-10-3-4-12-11(7-10)8-14(5-6-16-12)13(2)9-15/h3-4,7,9H,5-6,8H2,1-2H3. The van der Waals surface area contributed by atoms with Crippen LogP contribution in [0.5, 0.6) is 5.75 Å². The monoisotopic (exact) mass is 220 g/mol. The molecular weight excluding hydrogens is 204 g/mol. The molecular formula is C12H16N2O2. The normalized spacial score (nSPS) is 15.9. The Bertz CT molecular complexity index is 393. The topological polar surface area (TPSA) is 32.8 Å². The largest absolute Gasteiger partial charge is 0.492 e. The van der Waals surface area contributed by atoms with Gasteiger partial charge in [0.25, 0.3) is 0 Å². The summed E-state index contributed by atoms with van der Waals surface area (Å²) in [6, 6.07) is 6.14. The predicted octanol–water partition coefficient (Wildman–Crippen LogP) is 1.19. The molecule has 1 heterocycles. The molecule has 2 rings (SSSR count). The molecule has 0 aliphatic carbocycles. The van der Waals surface area contributed by atoms with Gasteiger partial charge in [0.15, 0.2) is 0 Å². The van der Waals surface area contributed by atoms with Crippen LogP contribution < -0.4 is 4.74 Å². The highest BCUT2D eigenvalue weighted by atomic mass is 16.5. The van der Waals surface area contributed by atoms with Crippen LogP contribution in [0.4, 0.5) is 0 Å². The number of rotatable bonds is 2. The number of carbonyl (C=O) groups excluding carboxylic acids is 1. The lowest BCUT2D eigenvalue weighted by Crippen LogP contribution is -2.39. The summed E-state index contributed by atoms with van der Waals surface area (Å²) in [5, 5.41) is 3.54. The van der Waals surface area contributed by atoms with Crippen LogP contribution >= 0.6 is 0 Å². The molecule has 1 aliphatic heterocycles. The van der Waals surface area contributed by atoms with Crippen LogP contribution in [-0.4, -0.2) is 36.6 Å². The minimum Gasteiger partial charge on any atom is -0.492 e. The maximum Gasteiger partial charge on any atom is 0.223 e. The fraction of sp³-hybridized carbons (Fsp3) is 0.417. The van der Waals surface area contributed by atoms with Gasteiger partial charge in [0.1, 0.15) is 12.4 Å². The first-order valence-electron chi connectivity index (χ1n) is 5.36. The second-order valence-electron chi connectivity index (χ2n) is 4.03. The first-order valence-corrected chi connectivity index (χ1v) is 5.36. The summed E-state index contributed by atoms with van der Waals surface area (Å²) in [5.41, 5.74) is 2.34. The van der Waals surface area contributed by atoms with E-state index in [1.165, 1.54) is 5.56 Å². The number of hydrazine groups is 1. The van der Waals surface area contributed by atoms with E-state index >= 15 is 0 Å². The van der Waals surface area contributed by atoms with Crippen LogP contribution in [0.25, 0.3) is 0 Å². The zero-order chi connectivity index (χ0) is 11.5. The number of benzene rings is 1. The summed E-state index contributed by atoms with van der Waals surface area (Å²) in [4.78, 5) is 10.7. The lowest BCUT2D eigenvalue weighted by atomic mass is 10.1. The van der Waals surface area contributed by atoms with Crippen LogP contribution in [0.15, 0.2) is 18.2 Å². The Morgan fingerprint density at radius 2 is 2.31 bits per heavy atom. The van der Waals surface area contributed by atoms with Crippen LogP contribution in [0.2, 0.25) is 0 Å². The Labute approximate surface area is 95.4 Å². The molecule has 1 aromatic carbocycles. The molecule has 86 valence electrons. The molecule has 0 radical (unpaired) electrons. The van der Waals surface area contributed by atoms with Crippen molar-refractivity contribution in [1.29, 1.82) is 0 Å². The molecule has 0 aromatic heterocycles. The molecule has 1 amide bonds. The van der Waals surface area contributed by atoms with E-state index in [0.29, 0.717) is 13.2 Å². The highest BCUT2D eigenvalue weighted by Gasteiger charge is 2.17. The third-order valence-corrected chi connectivity index (χ3v) is 2.77. The number of amides is 1. The van der Waals surface area contributed by atoms with Crippen LogP contribution in [0.1, 0.15) is 11.1 Å². The lowest BCUT2D eigenvalue weighted by Gasteiger charge is -2.26. The summed E-state index contributed by atoms with van der Waals surface area (Å²) in [6.07, 6.45) is 0.820. The number of fused-ring (bicyclic) bond motifs is 1. The van der Waals surface area contributed by atoms with E-state index in [1.54, 1.807) is 12.1 Å². The van der Waals surface area contributed by atoms with E-state index in [9.17, 15) is 4.79 Å². The molecule has 0 atom stereocenters. The van der Waals surface area contributed by atoms with Crippen LogP contribution in [-0.2, 0) is 11.3 Å². The Kier molecular flexibility index (Phi) is 3.10. The van der Waals surface area contributed by atoms with Crippen molar-refractivity contribution in [2.24, 2.45) is 0 Å². The van der Waals surface area contributed by atoms with E-state index in [4.69, 9.17) is 4.74 Å². The van der Waals surface area contributed by atoms with Gasteiger partial charge in [-0.3, -0.25) is 9.80 Å². The molecule has 0 bridgehead atoms. The Hall–Kier alpha value is -1.55. The molecule has 0 saturated carbocycles. The second kappa shape index (κ2) is 4.53. The first-order chi connectivity index (χ1) is 7.70. The minimum absolute atomic E-state index is 0.605. The quantitative estimate of drug-likeness (QED) is 0.702. The van der Waals surface area contributed by atoms with E-state index in [1.807, 2.05) is 17.1 Å². The minimum atomic E-state index is 0.605. The highest BCUT2D eigenvalue weighted by molar-refractivity contribution is 5.45. The van der Waals surface area contributed by atoms with Gasteiger partial charge in [-0.15, -0.1) is 0 Å². The zero-order valence-electron chi connectivity index (χ0n) is 9.64. The first kappa shape index (κ1) is 11.0. The summed E-state index contributed by atoms with van der Waals surface area (Å²) >= 11 is 0. The highest BCUT2D eigenvalue weighted by Crippen LogP contribution is 2.24. The Balaban J connectivity index is 2.25. The van der Waals surface area contributed by atoms with Gasteiger partial charge in [-0.05, 0) is 13.0 Å². The summed E-state index contributed by atoms with van der Waals surface area (Å²) in [5.74, 6) is 0.924. The summed E-state index contributed by atoms with van der Waals surface area (Å²) < 4.78 is 5.64. The van der Waals surface area contributed by atoms with E-state index in [-0.39, 0.29) is 0 Å². The third kappa shape index (κ3) is 2.17. The fourth-order valence-corrected chi connectivity index (χ4v) is 1.85. The zero-order valence-corrected chi connectivity index (χ0v) is 9.64. The van der Waals surface area contributed by atoms with Crippen molar-refractivity contribution in [3.8, 4) is 5.75 Å². The number of hydrogen-bond donors (Lipinski definition) is 0. The number of aryl methyl sites for hydroxylation is 1. The molecule has 0 fully saturated rings. The van der Waals surface area contributed by atoms with Crippen molar-refractivity contribution in [2.75, 3.05) is 20.2 Å². The van der Waals surface area contributed by atoms with Crippen molar-refractivity contribution in [3.05, 3.63) is 29.3 Å². The molecule has 0 saturated heterocycles.